The van der Waals surface area contributed by atoms with Gasteiger partial charge in [-0.2, -0.15) is 5.10 Å². The predicted octanol–water partition coefficient (Wildman–Crippen LogP) is 3.13. The zero-order chi connectivity index (χ0) is 23.4. The number of rotatable bonds is 7. The number of primary sulfonamides is 1. The molecule has 0 spiro atoms. The van der Waals surface area contributed by atoms with Gasteiger partial charge in [-0.05, 0) is 42.3 Å². The molecule has 33 heavy (non-hydrogen) atoms. The number of benzene rings is 2. The van der Waals surface area contributed by atoms with E-state index in [-0.39, 0.29) is 16.8 Å². The van der Waals surface area contributed by atoms with E-state index >= 15 is 0 Å². The molecule has 9 heteroatoms. The van der Waals surface area contributed by atoms with Crippen molar-refractivity contribution in [1.29, 1.82) is 0 Å². The van der Waals surface area contributed by atoms with Gasteiger partial charge in [-0.25, -0.2) is 13.6 Å². The van der Waals surface area contributed by atoms with Gasteiger partial charge in [0, 0.05) is 24.2 Å². The van der Waals surface area contributed by atoms with Crippen LogP contribution < -0.4 is 10.5 Å². The lowest BCUT2D eigenvalue weighted by molar-refractivity contribution is 0.0940. The molecule has 2 aromatic heterocycles. The average Bonchev–Trinajstić information content (AvgIpc) is 3.24. The molecule has 0 fully saturated rings. The predicted molar refractivity (Wildman–Crippen MR) is 125 cm³/mol. The summed E-state index contributed by atoms with van der Waals surface area (Å²) in [4.78, 5) is 17.4. The number of carbonyl (C=O) groups excluding carboxylic acids is 1. The lowest BCUT2D eigenvalue weighted by Gasteiger charge is -2.14. The summed E-state index contributed by atoms with van der Waals surface area (Å²) in [6, 6.07) is 19.2. The highest BCUT2D eigenvalue weighted by molar-refractivity contribution is 7.89. The van der Waals surface area contributed by atoms with Crippen molar-refractivity contribution >= 4 is 15.9 Å². The first kappa shape index (κ1) is 22.4. The molecule has 0 aliphatic rings. The molecule has 0 saturated heterocycles. The monoisotopic (exact) mass is 461 g/mol. The zero-order valence-corrected chi connectivity index (χ0v) is 18.7. The Bertz CT molecular complexity index is 1350. The molecule has 0 aliphatic heterocycles. The molecule has 168 valence electrons. The number of nitrogens with zero attached hydrogens (tertiary/aromatic N) is 3. The van der Waals surface area contributed by atoms with Gasteiger partial charge in [0.05, 0.1) is 23.0 Å². The van der Waals surface area contributed by atoms with Crippen LogP contribution in [0, 0.1) is 0 Å². The molecule has 0 unspecified atom stereocenters. The quantitative estimate of drug-likeness (QED) is 0.438. The zero-order valence-electron chi connectivity index (χ0n) is 17.9. The second-order valence-electron chi connectivity index (χ2n) is 7.63. The summed E-state index contributed by atoms with van der Waals surface area (Å²) >= 11 is 0. The van der Waals surface area contributed by atoms with Crippen LogP contribution in [0.1, 0.15) is 34.5 Å². The summed E-state index contributed by atoms with van der Waals surface area (Å²) in [7, 11) is -3.77. The maximum absolute atomic E-state index is 13.2. The Morgan fingerprint density at radius 1 is 1.06 bits per heavy atom. The van der Waals surface area contributed by atoms with Gasteiger partial charge in [0.25, 0.3) is 5.91 Å². The molecule has 0 bridgehead atoms. The highest BCUT2D eigenvalue weighted by atomic mass is 32.2. The van der Waals surface area contributed by atoms with Gasteiger partial charge in [0.2, 0.25) is 10.0 Å². The number of sulfonamides is 1. The van der Waals surface area contributed by atoms with Crippen molar-refractivity contribution in [2.75, 3.05) is 0 Å². The fraction of sp³-hybridized carbons (Fsp3) is 0.125. The lowest BCUT2D eigenvalue weighted by atomic mass is 10.1. The standard InChI is InChI=1S/C24H23N5O3S/c1-17(19-9-11-21(12-10-19)33(25,31)32)27-24(30)22-16-29(15-18-6-3-2-4-7-18)28-23(22)20-8-5-13-26-14-20/h2-14,16-17H,15H2,1H3,(H,27,30)(H2,25,31,32)/t17-/m0/s1. The third-order valence-corrected chi connectivity index (χ3v) is 6.11. The summed E-state index contributed by atoms with van der Waals surface area (Å²) in [5, 5.41) is 12.8. The third kappa shape index (κ3) is 5.33. The van der Waals surface area contributed by atoms with Crippen molar-refractivity contribution in [2.45, 2.75) is 24.4 Å². The fourth-order valence-corrected chi connectivity index (χ4v) is 3.97. The number of aromatic nitrogens is 3. The van der Waals surface area contributed by atoms with Gasteiger partial charge >= 0.3 is 0 Å². The van der Waals surface area contributed by atoms with Gasteiger partial charge in [0.15, 0.2) is 0 Å². The summed E-state index contributed by atoms with van der Waals surface area (Å²) in [5.74, 6) is -0.295. The second-order valence-corrected chi connectivity index (χ2v) is 9.19. The van der Waals surface area contributed by atoms with Crippen LogP contribution >= 0.6 is 0 Å². The maximum atomic E-state index is 13.2. The number of hydrogen-bond acceptors (Lipinski definition) is 5. The Hall–Kier alpha value is -3.82. The molecule has 0 saturated carbocycles. The van der Waals surface area contributed by atoms with E-state index in [1.807, 2.05) is 43.3 Å². The summed E-state index contributed by atoms with van der Waals surface area (Å²) < 4.78 is 24.7. The minimum Gasteiger partial charge on any atom is -0.345 e. The van der Waals surface area contributed by atoms with E-state index in [2.05, 4.69) is 15.4 Å². The normalized spacial score (nSPS) is 12.3. The Labute approximate surface area is 192 Å². The largest absolute Gasteiger partial charge is 0.345 e. The average molecular weight is 462 g/mol. The molecular weight excluding hydrogens is 438 g/mol. The molecule has 1 atom stereocenters. The minimum atomic E-state index is -3.77. The number of hydrogen-bond donors (Lipinski definition) is 2. The number of carbonyl (C=O) groups is 1. The molecule has 4 rings (SSSR count). The Morgan fingerprint density at radius 3 is 2.42 bits per heavy atom. The van der Waals surface area contributed by atoms with Crippen LogP contribution in [-0.2, 0) is 16.6 Å². The van der Waals surface area contributed by atoms with Crippen molar-refractivity contribution in [3.05, 3.63) is 102 Å². The highest BCUT2D eigenvalue weighted by Gasteiger charge is 2.20. The van der Waals surface area contributed by atoms with Crippen molar-refractivity contribution < 1.29 is 13.2 Å². The van der Waals surface area contributed by atoms with Gasteiger partial charge in [-0.15, -0.1) is 0 Å². The highest BCUT2D eigenvalue weighted by Crippen LogP contribution is 2.23. The Morgan fingerprint density at radius 2 is 1.79 bits per heavy atom. The Kier molecular flexibility index (Phi) is 6.34. The van der Waals surface area contributed by atoms with Crippen molar-refractivity contribution in [3.63, 3.8) is 0 Å². The molecule has 2 heterocycles. The van der Waals surface area contributed by atoms with E-state index in [4.69, 9.17) is 5.14 Å². The topological polar surface area (TPSA) is 120 Å². The number of nitrogens with two attached hydrogens (primary N) is 1. The van der Waals surface area contributed by atoms with E-state index in [0.717, 1.165) is 16.7 Å². The van der Waals surface area contributed by atoms with Crippen LogP contribution in [0.15, 0.2) is 90.2 Å². The lowest BCUT2D eigenvalue weighted by Crippen LogP contribution is -2.27. The molecular formula is C24H23N5O3S. The van der Waals surface area contributed by atoms with E-state index in [0.29, 0.717) is 17.8 Å². The number of amides is 1. The first-order valence-electron chi connectivity index (χ1n) is 10.3. The summed E-state index contributed by atoms with van der Waals surface area (Å²) in [6.07, 6.45) is 5.06. The maximum Gasteiger partial charge on any atom is 0.255 e. The van der Waals surface area contributed by atoms with Crippen LogP contribution in [0.25, 0.3) is 11.3 Å². The molecule has 3 N–H and O–H groups in total. The molecule has 8 nitrogen and oxygen atoms in total. The van der Waals surface area contributed by atoms with Gasteiger partial charge in [-0.3, -0.25) is 14.5 Å². The van der Waals surface area contributed by atoms with Gasteiger partial charge in [-0.1, -0.05) is 42.5 Å². The van der Waals surface area contributed by atoms with Crippen LogP contribution in [0.4, 0.5) is 0 Å². The number of pyridine rings is 1. The molecule has 0 aliphatic carbocycles. The van der Waals surface area contributed by atoms with Crippen LogP contribution in [0.5, 0.6) is 0 Å². The van der Waals surface area contributed by atoms with E-state index in [1.165, 1.54) is 12.1 Å². The molecule has 2 aromatic carbocycles. The van der Waals surface area contributed by atoms with Crippen molar-refractivity contribution in [3.8, 4) is 11.3 Å². The van der Waals surface area contributed by atoms with E-state index in [1.54, 1.807) is 41.5 Å². The minimum absolute atomic E-state index is 0.0193. The summed E-state index contributed by atoms with van der Waals surface area (Å²) in [6.45, 7) is 2.34. The first-order valence-corrected chi connectivity index (χ1v) is 11.8. The van der Waals surface area contributed by atoms with Crippen LogP contribution in [0.2, 0.25) is 0 Å². The Balaban J connectivity index is 1.60. The molecule has 4 aromatic rings. The molecule has 1 amide bonds. The third-order valence-electron chi connectivity index (χ3n) is 5.18. The van der Waals surface area contributed by atoms with Gasteiger partial charge < -0.3 is 5.32 Å². The SMILES string of the molecule is C[C@H](NC(=O)c1cn(Cc2ccccc2)nc1-c1cccnc1)c1ccc(S(N)(=O)=O)cc1. The van der Waals surface area contributed by atoms with E-state index < -0.39 is 10.0 Å². The first-order chi connectivity index (χ1) is 15.8. The van der Waals surface area contributed by atoms with E-state index in [9.17, 15) is 13.2 Å². The van der Waals surface area contributed by atoms with Crippen molar-refractivity contribution in [1.82, 2.24) is 20.1 Å². The fourth-order valence-electron chi connectivity index (χ4n) is 3.46. The smallest absolute Gasteiger partial charge is 0.255 e. The van der Waals surface area contributed by atoms with Crippen molar-refractivity contribution in [2.24, 2.45) is 5.14 Å². The second kappa shape index (κ2) is 9.35. The van der Waals surface area contributed by atoms with Crippen LogP contribution in [-0.4, -0.2) is 29.1 Å². The number of nitrogens with one attached hydrogen (secondary N) is 1. The van der Waals surface area contributed by atoms with Crippen LogP contribution in [0.3, 0.4) is 0 Å². The van der Waals surface area contributed by atoms with Gasteiger partial charge in [0.1, 0.15) is 5.69 Å². The summed E-state index contributed by atoms with van der Waals surface area (Å²) in [5.41, 5.74) is 3.50. The molecule has 0 radical (unpaired) electrons.